The molecule has 5 aromatic rings. The summed E-state index contributed by atoms with van der Waals surface area (Å²) in [5.41, 5.74) is 3.89. The van der Waals surface area contributed by atoms with Crippen LogP contribution in [-0.2, 0) is 0 Å². The summed E-state index contributed by atoms with van der Waals surface area (Å²) in [4.78, 5) is 25.1. The van der Waals surface area contributed by atoms with Gasteiger partial charge in [0.1, 0.15) is 23.2 Å². The van der Waals surface area contributed by atoms with E-state index < -0.39 is 0 Å². The minimum absolute atomic E-state index is 0.161. The standard InChI is InChI=1S/C19H15ClN8/c1-11(26-17-15-16(23-9-22-15)24-10-25-17)18-27-14-3-2-8-21-19(14)28(18)13-6-4-12(20)5-7-13/h2-11H,1H3,(H2,22,23,24,25,26). The van der Waals surface area contributed by atoms with Gasteiger partial charge in [-0.05, 0) is 43.3 Å². The monoisotopic (exact) mass is 390 g/mol. The minimum atomic E-state index is -0.161. The minimum Gasteiger partial charge on any atom is -0.358 e. The van der Waals surface area contributed by atoms with Gasteiger partial charge in [0.15, 0.2) is 17.1 Å². The Morgan fingerprint density at radius 3 is 2.79 bits per heavy atom. The van der Waals surface area contributed by atoms with Crippen molar-refractivity contribution in [1.29, 1.82) is 0 Å². The summed E-state index contributed by atoms with van der Waals surface area (Å²) in [6.45, 7) is 2.03. The predicted octanol–water partition coefficient (Wildman–Crippen LogP) is 3.91. The van der Waals surface area contributed by atoms with Crippen LogP contribution in [0.25, 0.3) is 28.0 Å². The van der Waals surface area contributed by atoms with Crippen molar-refractivity contribution >= 4 is 39.7 Å². The molecular formula is C19H15ClN8. The van der Waals surface area contributed by atoms with Gasteiger partial charge in [-0.15, -0.1) is 0 Å². The highest BCUT2D eigenvalue weighted by atomic mass is 35.5. The lowest BCUT2D eigenvalue weighted by Gasteiger charge is -2.16. The number of pyridine rings is 1. The van der Waals surface area contributed by atoms with Gasteiger partial charge < -0.3 is 10.3 Å². The van der Waals surface area contributed by atoms with Gasteiger partial charge >= 0.3 is 0 Å². The van der Waals surface area contributed by atoms with E-state index in [-0.39, 0.29) is 6.04 Å². The molecule has 0 spiro atoms. The van der Waals surface area contributed by atoms with E-state index in [0.717, 1.165) is 28.2 Å². The molecule has 8 nitrogen and oxygen atoms in total. The van der Waals surface area contributed by atoms with Crippen molar-refractivity contribution in [2.45, 2.75) is 13.0 Å². The number of aromatic amines is 1. The predicted molar refractivity (Wildman–Crippen MR) is 108 cm³/mol. The SMILES string of the molecule is CC(Nc1ncnc2nc[nH]c12)c1nc2cccnc2n1-c1ccc(Cl)cc1. The number of imidazole rings is 2. The van der Waals surface area contributed by atoms with Gasteiger partial charge in [-0.3, -0.25) is 4.57 Å². The fourth-order valence-corrected chi connectivity index (χ4v) is 3.34. The molecule has 138 valence electrons. The number of hydrogen-bond donors (Lipinski definition) is 2. The molecular weight excluding hydrogens is 376 g/mol. The van der Waals surface area contributed by atoms with E-state index in [1.54, 1.807) is 12.5 Å². The highest BCUT2D eigenvalue weighted by molar-refractivity contribution is 6.30. The Labute approximate surface area is 164 Å². The van der Waals surface area contributed by atoms with Crippen LogP contribution in [0.1, 0.15) is 18.8 Å². The highest BCUT2D eigenvalue weighted by Crippen LogP contribution is 2.27. The Morgan fingerprint density at radius 2 is 1.93 bits per heavy atom. The number of fused-ring (bicyclic) bond motifs is 2. The van der Waals surface area contributed by atoms with E-state index in [2.05, 4.69) is 30.2 Å². The molecule has 0 aliphatic heterocycles. The van der Waals surface area contributed by atoms with Crippen LogP contribution in [0, 0.1) is 0 Å². The van der Waals surface area contributed by atoms with Crippen molar-refractivity contribution < 1.29 is 0 Å². The van der Waals surface area contributed by atoms with E-state index >= 15 is 0 Å². The number of H-pyrrole nitrogens is 1. The number of anilines is 1. The molecule has 0 aliphatic rings. The van der Waals surface area contributed by atoms with Crippen molar-refractivity contribution in [2.75, 3.05) is 5.32 Å². The third kappa shape index (κ3) is 2.74. The van der Waals surface area contributed by atoms with Crippen LogP contribution in [0.15, 0.2) is 55.2 Å². The molecule has 1 aromatic carbocycles. The average Bonchev–Trinajstić information content (AvgIpc) is 3.34. The normalized spacial score (nSPS) is 12.5. The van der Waals surface area contributed by atoms with E-state index in [4.69, 9.17) is 16.6 Å². The quantitative estimate of drug-likeness (QED) is 0.482. The topological polar surface area (TPSA) is 97.2 Å². The van der Waals surface area contributed by atoms with Crippen molar-refractivity contribution in [1.82, 2.24) is 34.5 Å². The Hall–Kier alpha value is -3.52. The molecule has 1 unspecified atom stereocenters. The van der Waals surface area contributed by atoms with Crippen LogP contribution in [-0.4, -0.2) is 34.5 Å². The molecule has 0 radical (unpaired) electrons. The molecule has 2 N–H and O–H groups in total. The first-order chi connectivity index (χ1) is 13.7. The maximum atomic E-state index is 6.07. The van der Waals surface area contributed by atoms with Crippen LogP contribution in [0.2, 0.25) is 5.02 Å². The van der Waals surface area contributed by atoms with E-state index in [1.807, 2.05) is 47.9 Å². The third-order valence-corrected chi connectivity index (χ3v) is 4.74. The fraction of sp³-hybridized carbons (Fsp3) is 0.105. The summed E-state index contributed by atoms with van der Waals surface area (Å²) in [5.74, 6) is 1.47. The van der Waals surface area contributed by atoms with Crippen molar-refractivity contribution in [3.05, 3.63) is 66.1 Å². The molecule has 28 heavy (non-hydrogen) atoms. The lowest BCUT2D eigenvalue weighted by atomic mass is 10.2. The van der Waals surface area contributed by atoms with Gasteiger partial charge in [0.2, 0.25) is 0 Å². The maximum absolute atomic E-state index is 6.07. The van der Waals surface area contributed by atoms with Crippen LogP contribution >= 0.6 is 11.6 Å². The molecule has 4 heterocycles. The van der Waals surface area contributed by atoms with Crippen LogP contribution < -0.4 is 5.32 Å². The second kappa shape index (κ2) is 6.58. The summed E-state index contributed by atoms with van der Waals surface area (Å²) < 4.78 is 2.02. The Balaban J connectivity index is 1.62. The Kier molecular flexibility index (Phi) is 3.91. The third-order valence-electron chi connectivity index (χ3n) is 4.49. The van der Waals surface area contributed by atoms with E-state index in [9.17, 15) is 0 Å². The summed E-state index contributed by atoms with van der Waals surface area (Å²) >= 11 is 6.07. The number of rotatable bonds is 4. The van der Waals surface area contributed by atoms with Crippen molar-refractivity contribution in [3.8, 4) is 5.69 Å². The zero-order valence-electron chi connectivity index (χ0n) is 14.8. The molecule has 5 rings (SSSR count). The largest absolute Gasteiger partial charge is 0.358 e. The van der Waals surface area contributed by atoms with E-state index in [0.29, 0.717) is 16.5 Å². The summed E-state index contributed by atoms with van der Waals surface area (Å²) in [6, 6.07) is 11.3. The number of aromatic nitrogens is 7. The van der Waals surface area contributed by atoms with Crippen LogP contribution in [0.5, 0.6) is 0 Å². The first kappa shape index (κ1) is 16.6. The second-order valence-corrected chi connectivity index (χ2v) is 6.75. The molecule has 0 amide bonds. The second-order valence-electron chi connectivity index (χ2n) is 6.32. The number of hydrogen-bond acceptors (Lipinski definition) is 6. The molecule has 0 fully saturated rings. The van der Waals surface area contributed by atoms with Gasteiger partial charge in [-0.1, -0.05) is 11.6 Å². The van der Waals surface area contributed by atoms with Gasteiger partial charge in [0, 0.05) is 16.9 Å². The van der Waals surface area contributed by atoms with Crippen molar-refractivity contribution in [3.63, 3.8) is 0 Å². The zero-order valence-corrected chi connectivity index (χ0v) is 15.6. The highest BCUT2D eigenvalue weighted by Gasteiger charge is 2.20. The fourth-order valence-electron chi connectivity index (χ4n) is 3.21. The lowest BCUT2D eigenvalue weighted by Crippen LogP contribution is -2.14. The Bertz CT molecular complexity index is 1270. The maximum Gasteiger partial charge on any atom is 0.182 e. The number of benzene rings is 1. The molecule has 1 atom stereocenters. The zero-order chi connectivity index (χ0) is 19.1. The molecule has 0 saturated heterocycles. The average molecular weight is 391 g/mol. The summed E-state index contributed by atoms with van der Waals surface area (Å²) in [6.07, 6.45) is 4.85. The van der Waals surface area contributed by atoms with Crippen LogP contribution in [0.3, 0.4) is 0 Å². The number of nitrogens with zero attached hydrogens (tertiary/aromatic N) is 6. The Morgan fingerprint density at radius 1 is 1.07 bits per heavy atom. The molecule has 4 aromatic heterocycles. The molecule has 0 bridgehead atoms. The van der Waals surface area contributed by atoms with Gasteiger partial charge in [0.25, 0.3) is 0 Å². The number of halogens is 1. The van der Waals surface area contributed by atoms with Gasteiger partial charge in [-0.25, -0.2) is 24.9 Å². The number of nitrogens with one attached hydrogen (secondary N) is 2. The summed E-state index contributed by atoms with van der Waals surface area (Å²) in [5, 5.41) is 4.09. The molecule has 0 aliphatic carbocycles. The van der Waals surface area contributed by atoms with Crippen LogP contribution in [0.4, 0.5) is 5.82 Å². The summed E-state index contributed by atoms with van der Waals surface area (Å²) in [7, 11) is 0. The van der Waals surface area contributed by atoms with E-state index in [1.165, 1.54) is 6.33 Å². The molecule has 0 saturated carbocycles. The van der Waals surface area contributed by atoms with Gasteiger partial charge in [-0.2, -0.15) is 0 Å². The smallest absolute Gasteiger partial charge is 0.182 e. The molecule has 9 heteroatoms. The first-order valence-corrected chi connectivity index (χ1v) is 9.08. The first-order valence-electron chi connectivity index (χ1n) is 8.70. The van der Waals surface area contributed by atoms with Crippen molar-refractivity contribution in [2.24, 2.45) is 0 Å². The lowest BCUT2D eigenvalue weighted by molar-refractivity contribution is 0.767. The van der Waals surface area contributed by atoms with Gasteiger partial charge in [0.05, 0.1) is 12.4 Å².